The van der Waals surface area contributed by atoms with Crippen LogP contribution in [-0.4, -0.2) is 30.3 Å². The number of aromatic nitrogens is 2. The summed E-state index contributed by atoms with van der Waals surface area (Å²) in [6, 6.07) is 24.2. The second-order valence-corrected chi connectivity index (χ2v) is 9.66. The van der Waals surface area contributed by atoms with Crippen LogP contribution in [0.5, 0.6) is 11.6 Å². The summed E-state index contributed by atoms with van der Waals surface area (Å²) in [6.45, 7) is 4.98. The van der Waals surface area contributed by atoms with E-state index in [1.54, 1.807) is 74.5 Å². The summed E-state index contributed by atoms with van der Waals surface area (Å²) in [5, 5.41) is 4.41. The lowest BCUT2D eigenvalue weighted by atomic mass is 10.2. The van der Waals surface area contributed by atoms with Crippen LogP contribution in [0.3, 0.4) is 0 Å². The van der Waals surface area contributed by atoms with Crippen LogP contribution in [0.1, 0.15) is 18.2 Å². The summed E-state index contributed by atoms with van der Waals surface area (Å²) in [7, 11) is -4.04. The molecule has 0 aliphatic carbocycles. The second-order valence-electron chi connectivity index (χ2n) is 7.78. The van der Waals surface area contributed by atoms with E-state index in [4.69, 9.17) is 9.47 Å². The monoisotopic (exact) mass is 476 g/mol. The molecule has 0 spiro atoms. The number of rotatable bonds is 7. The Morgan fingerprint density at radius 3 is 2.09 bits per heavy atom. The molecule has 7 nitrogen and oxygen atoms in total. The van der Waals surface area contributed by atoms with Crippen molar-refractivity contribution in [2.75, 3.05) is 0 Å². The number of benzene rings is 3. The van der Waals surface area contributed by atoms with Gasteiger partial charge in [-0.3, -0.25) is 0 Å². The first-order chi connectivity index (χ1) is 16.3. The summed E-state index contributed by atoms with van der Waals surface area (Å²) >= 11 is 0. The minimum atomic E-state index is -4.04. The lowest BCUT2D eigenvalue weighted by Gasteiger charge is -2.15. The zero-order chi connectivity index (χ0) is 24.3. The molecule has 0 unspecified atom stereocenters. The zero-order valence-corrected chi connectivity index (χ0v) is 19.8. The van der Waals surface area contributed by atoms with Crippen molar-refractivity contribution in [2.45, 2.75) is 36.7 Å². The topological polar surface area (TPSA) is 87.5 Å². The SMILES string of the molecule is Cc1ccc(S(=O)(=O)c2c(C)nn(-c3ccccc3)c2OC(=O)[C@H](C)Oc2ccccc2)cc1. The van der Waals surface area contributed by atoms with Crippen molar-refractivity contribution in [2.24, 2.45) is 0 Å². The third kappa shape index (κ3) is 4.72. The van der Waals surface area contributed by atoms with E-state index < -0.39 is 21.9 Å². The van der Waals surface area contributed by atoms with Crippen LogP contribution < -0.4 is 9.47 Å². The number of carbonyl (C=O) groups is 1. The highest BCUT2D eigenvalue weighted by Gasteiger charge is 2.33. The van der Waals surface area contributed by atoms with E-state index in [2.05, 4.69) is 5.10 Å². The Morgan fingerprint density at radius 2 is 1.47 bits per heavy atom. The number of aryl methyl sites for hydroxylation is 2. The van der Waals surface area contributed by atoms with Crippen molar-refractivity contribution >= 4 is 15.8 Å². The van der Waals surface area contributed by atoms with Gasteiger partial charge < -0.3 is 9.47 Å². The number of nitrogens with zero attached hydrogens (tertiary/aromatic N) is 2. The molecule has 0 amide bonds. The predicted octanol–water partition coefficient (Wildman–Crippen LogP) is 4.69. The van der Waals surface area contributed by atoms with Crippen LogP contribution >= 0.6 is 0 Å². The maximum atomic E-state index is 13.6. The Hall–Kier alpha value is -3.91. The molecular weight excluding hydrogens is 452 g/mol. The molecule has 0 aliphatic rings. The van der Waals surface area contributed by atoms with E-state index in [9.17, 15) is 13.2 Å². The van der Waals surface area contributed by atoms with Crippen LogP contribution in [-0.2, 0) is 14.6 Å². The molecule has 8 heteroatoms. The van der Waals surface area contributed by atoms with Crippen LogP contribution in [0.15, 0.2) is 94.7 Å². The molecule has 0 saturated carbocycles. The van der Waals surface area contributed by atoms with E-state index in [-0.39, 0.29) is 21.4 Å². The first kappa shape index (κ1) is 23.3. The van der Waals surface area contributed by atoms with Crippen LogP contribution in [0.25, 0.3) is 5.69 Å². The Bertz CT molecular complexity index is 1400. The average Bonchev–Trinajstić information content (AvgIpc) is 3.16. The van der Waals surface area contributed by atoms with Gasteiger partial charge in [-0.1, -0.05) is 54.1 Å². The number of sulfone groups is 1. The van der Waals surface area contributed by atoms with Gasteiger partial charge in [0.05, 0.1) is 16.3 Å². The third-order valence-corrected chi connectivity index (χ3v) is 7.05. The molecule has 174 valence electrons. The maximum absolute atomic E-state index is 13.6. The fraction of sp³-hybridized carbons (Fsp3) is 0.154. The molecule has 4 aromatic rings. The van der Waals surface area contributed by atoms with Crippen molar-refractivity contribution in [1.82, 2.24) is 9.78 Å². The van der Waals surface area contributed by atoms with Crippen molar-refractivity contribution in [1.29, 1.82) is 0 Å². The minimum Gasteiger partial charge on any atom is -0.479 e. The fourth-order valence-corrected chi connectivity index (χ4v) is 4.92. The van der Waals surface area contributed by atoms with Gasteiger partial charge in [0.1, 0.15) is 5.75 Å². The molecular formula is C26H24N2O5S. The summed E-state index contributed by atoms with van der Waals surface area (Å²) in [5.41, 5.74) is 1.69. The number of hydrogen-bond donors (Lipinski definition) is 0. The number of carbonyl (C=O) groups excluding carboxylic acids is 1. The molecule has 4 rings (SSSR count). The van der Waals surface area contributed by atoms with Crippen LogP contribution in [0.4, 0.5) is 0 Å². The molecule has 1 atom stereocenters. The van der Waals surface area contributed by atoms with Crippen molar-refractivity contribution in [3.63, 3.8) is 0 Å². The average molecular weight is 477 g/mol. The van der Waals surface area contributed by atoms with E-state index in [1.807, 2.05) is 19.1 Å². The lowest BCUT2D eigenvalue weighted by Crippen LogP contribution is -2.29. The summed E-state index contributed by atoms with van der Waals surface area (Å²) in [4.78, 5) is 12.9. The summed E-state index contributed by atoms with van der Waals surface area (Å²) < 4.78 is 39.9. The molecule has 0 saturated heterocycles. The standard InChI is InChI=1S/C26H24N2O5S/c1-18-14-16-23(17-15-18)34(30,31)24-19(2)27-28(21-10-6-4-7-11-21)25(24)33-26(29)20(3)32-22-12-8-5-9-13-22/h4-17,20H,1-3H3/t20-/m0/s1. The molecule has 3 aromatic carbocycles. The molecule has 0 fully saturated rings. The molecule has 0 N–H and O–H groups in total. The largest absolute Gasteiger partial charge is 0.479 e. The lowest BCUT2D eigenvalue weighted by molar-refractivity contribution is -0.142. The first-order valence-electron chi connectivity index (χ1n) is 10.7. The molecule has 1 heterocycles. The quantitative estimate of drug-likeness (QED) is 0.360. The Morgan fingerprint density at radius 1 is 0.882 bits per heavy atom. The number of ether oxygens (including phenoxy) is 2. The van der Waals surface area contributed by atoms with Crippen LogP contribution in [0, 0.1) is 13.8 Å². The summed E-state index contributed by atoms with van der Waals surface area (Å²) in [5.74, 6) is -0.439. The van der Waals surface area contributed by atoms with Gasteiger partial charge in [-0.15, -0.1) is 0 Å². The van der Waals surface area contributed by atoms with Gasteiger partial charge in [-0.2, -0.15) is 9.78 Å². The normalized spacial score (nSPS) is 12.2. The number of para-hydroxylation sites is 2. The highest BCUT2D eigenvalue weighted by atomic mass is 32.2. The fourth-order valence-electron chi connectivity index (χ4n) is 3.40. The zero-order valence-electron chi connectivity index (χ0n) is 19.0. The van der Waals surface area contributed by atoms with Gasteiger partial charge in [0.2, 0.25) is 15.7 Å². The Kier molecular flexibility index (Phi) is 6.51. The van der Waals surface area contributed by atoms with Crippen molar-refractivity contribution < 1.29 is 22.7 Å². The van der Waals surface area contributed by atoms with Gasteiger partial charge in [0.15, 0.2) is 11.0 Å². The van der Waals surface area contributed by atoms with Gasteiger partial charge >= 0.3 is 5.97 Å². The first-order valence-corrected chi connectivity index (χ1v) is 12.2. The second kappa shape index (κ2) is 9.52. The molecule has 0 radical (unpaired) electrons. The number of hydrogen-bond acceptors (Lipinski definition) is 6. The van der Waals surface area contributed by atoms with E-state index in [1.165, 1.54) is 16.8 Å². The van der Waals surface area contributed by atoms with E-state index in [0.29, 0.717) is 11.4 Å². The smallest absolute Gasteiger partial charge is 0.353 e. The molecule has 0 bridgehead atoms. The van der Waals surface area contributed by atoms with Gasteiger partial charge in [-0.05, 0) is 57.2 Å². The summed E-state index contributed by atoms with van der Waals surface area (Å²) in [6.07, 6.45) is -0.989. The Balaban J connectivity index is 1.78. The minimum absolute atomic E-state index is 0.0831. The Labute approximate surface area is 198 Å². The van der Waals surface area contributed by atoms with Gasteiger partial charge in [-0.25, -0.2) is 13.2 Å². The third-order valence-electron chi connectivity index (χ3n) is 5.15. The highest BCUT2D eigenvalue weighted by molar-refractivity contribution is 7.91. The van der Waals surface area contributed by atoms with E-state index >= 15 is 0 Å². The van der Waals surface area contributed by atoms with Crippen molar-refractivity contribution in [3.8, 4) is 17.3 Å². The van der Waals surface area contributed by atoms with Crippen molar-refractivity contribution in [3.05, 3.63) is 96.2 Å². The molecule has 34 heavy (non-hydrogen) atoms. The molecule has 0 aliphatic heterocycles. The van der Waals surface area contributed by atoms with Gasteiger partial charge in [0, 0.05) is 0 Å². The van der Waals surface area contributed by atoms with E-state index in [0.717, 1.165) is 5.56 Å². The number of esters is 1. The van der Waals surface area contributed by atoms with Crippen LogP contribution in [0.2, 0.25) is 0 Å². The predicted molar refractivity (Wildman–Crippen MR) is 127 cm³/mol. The van der Waals surface area contributed by atoms with Gasteiger partial charge in [0.25, 0.3) is 0 Å². The highest BCUT2D eigenvalue weighted by Crippen LogP contribution is 2.35. The maximum Gasteiger partial charge on any atom is 0.353 e. The molecule has 1 aromatic heterocycles.